The zero-order chi connectivity index (χ0) is 27.6. The number of nitro benzene ring substituents is 1. The van der Waals surface area contributed by atoms with Crippen molar-refractivity contribution in [2.45, 2.75) is 19.3 Å². The number of phenols is 2. The van der Waals surface area contributed by atoms with Gasteiger partial charge in [0.25, 0.3) is 5.69 Å². The number of esters is 1. The zero-order valence-electron chi connectivity index (χ0n) is 19.6. The van der Waals surface area contributed by atoms with Crippen LogP contribution in [0.1, 0.15) is 50.2 Å². The quantitative estimate of drug-likeness (QED) is 0.109. The Bertz CT molecular complexity index is 1490. The van der Waals surface area contributed by atoms with Crippen LogP contribution in [0.4, 0.5) is 17.1 Å². The summed E-state index contributed by atoms with van der Waals surface area (Å²) in [6.45, 7) is 0.0539. The van der Waals surface area contributed by atoms with Gasteiger partial charge in [-0.2, -0.15) is 0 Å². The summed E-state index contributed by atoms with van der Waals surface area (Å²) in [5.74, 6) is -4.67. The van der Waals surface area contributed by atoms with Crippen LogP contribution in [0.25, 0.3) is 0 Å². The highest BCUT2D eigenvalue weighted by Crippen LogP contribution is 2.43. The minimum atomic E-state index is -1.09. The number of carbonyl (C=O) groups is 4. The van der Waals surface area contributed by atoms with Crippen molar-refractivity contribution in [3.8, 4) is 11.5 Å². The number of ketones is 2. The number of benzene rings is 3. The standard InChI is InChI=1S/C26H20N2O10/c29-17-7-5-15(27-14-3-1-13(2-4-14)11-12-38-20(33)10-9-19(31)32)21-23(17)26(35)24-18(30)8-6-16(28(36)37)22(24)25(21)34/h1-8,27,29-30H,9-12H2,(H,31,32). The number of carboxylic acid groups (broad SMARTS) is 1. The van der Waals surface area contributed by atoms with E-state index in [0.29, 0.717) is 12.1 Å². The molecule has 4 rings (SSSR count). The number of hydrogen-bond acceptors (Lipinski definition) is 10. The molecule has 38 heavy (non-hydrogen) atoms. The molecule has 0 aromatic heterocycles. The Balaban J connectivity index is 1.56. The van der Waals surface area contributed by atoms with Crippen molar-refractivity contribution < 1.29 is 44.2 Å². The highest BCUT2D eigenvalue weighted by atomic mass is 16.6. The molecular formula is C26H20N2O10. The van der Waals surface area contributed by atoms with E-state index in [1.165, 1.54) is 12.1 Å². The maximum Gasteiger partial charge on any atom is 0.306 e. The number of nitro groups is 1. The second-order valence-electron chi connectivity index (χ2n) is 8.34. The molecule has 3 aromatic carbocycles. The first-order chi connectivity index (χ1) is 18.1. The molecule has 12 heteroatoms. The maximum atomic E-state index is 13.4. The van der Waals surface area contributed by atoms with Crippen molar-refractivity contribution in [1.82, 2.24) is 0 Å². The summed E-state index contributed by atoms with van der Waals surface area (Å²) >= 11 is 0. The van der Waals surface area contributed by atoms with E-state index in [1.54, 1.807) is 24.3 Å². The number of carbonyl (C=O) groups excluding carboxylic acids is 3. The number of ether oxygens (including phenoxy) is 1. The average Bonchev–Trinajstić information content (AvgIpc) is 2.87. The van der Waals surface area contributed by atoms with Gasteiger partial charge in [-0.15, -0.1) is 0 Å². The second kappa shape index (κ2) is 10.4. The molecule has 0 unspecified atom stereocenters. The summed E-state index contributed by atoms with van der Waals surface area (Å²) < 4.78 is 5.00. The van der Waals surface area contributed by atoms with E-state index < -0.39 is 56.7 Å². The van der Waals surface area contributed by atoms with Gasteiger partial charge in [-0.1, -0.05) is 12.1 Å². The van der Waals surface area contributed by atoms with Gasteiger partial charge in [0.15, 0.2) is 0 Å². The number of hydrogen-bond donors (Lipinski definition) is 4. The topological polar surface area (TPSA) is 193 Å². The van der Waals surface area contributed by atoms with Gasteiger partial charge in [0.05, 0.1) is 46.7 Å². The molecular weight excluding hydrogens is 500 g/mol. The van der Waals surface area contributed by atoms with Crippen LogP contribution in [0.5, 0.6) is 11.5 Å². The maximum absolute atomic E-state index is 13.4. The van der Waals surface area contributed by atoms with E-state index in [2.05, 4.69) is 5.32 Å². The van der Waals surface area contributed by atoms with Crippen LogP contribution in [0.3, 0.4) is 0 Å². The van der Waals surface area contributed by atoms with Crippen LogP contribution in [-0.4, -0.2) is 50.4 Å². The van der Waals surface area contributed by atoms with Crippen molar-refractivity contribution in [1.29, 1.82) is 0 Å². The number of aliphatic carboxylic acids is 1. The first-order valence-corrected chi connectivity index (χ1v) is 11.3. The van der Waals surface area contributed by atoms with Crippen molar-refractivity contribution >= 4 is 40.6 Å². The Kier molecular flexibility index (Phi) is 7.06. The molecule has 0 saturated heterocycles. The third-order valence-electron chi connectivity index (χ3n) is 5.88. The van der Waals surface area contributed by atoms with Gasteiger partial charge in [-0.25, -0.2) is 0 Å². The van der Waals surface area contributed by atoms with Crippen molar-refractivity contribution in [2.75, 3.05) is 11.9 Å². The van der Waals surface area contributed by atoms with E-state index in [9.17, 15) is 39.5 Å². The highest BCUT2D eigenvalue weighted by Gasteiger charge is 2.40. The molecule has 1 aliphatic rings. The van der Waals surface area contributed by atoms with Gasteiger partial charge in [0.1, 0.15) is 17.1 Å². The highest BCUT2D eigenvalue weighted by molar-refractivity contribution is 6.33. The Morgan fingerprint density at radius 3 is 2.08 bits per heavy atom. The Labute approximate surface area is 214 Å². The third-order valence-corrected chi connectivity index (χ3v) is 5.88. The predicted molar refractivity (Wildman–Crippen MR) is 131 cm³/mol. The third kappa shape index (κ3) is 5.00. The summed E-state index contributed by atoms with van der Waals surface area (Å²) in [7, 11) is 0. The summed E-state index contributed by atoms with van der Waals surface area (Å²) in [6.07, 6.45) is -0.164. The second-order valence-corrected chi connectivity index (χ2v) is 8.34. The number of rotatable bonds is 9. The summed E-state index contributed by atoms with van der Waals surface area (Å²) in [6, 6.07) is 11.2. The minimum absolute atomic E-state index is 0.0539. The number of nitrogens with one attached hydrogen (secondary N) is 1. The number of nitrogens with zero attached hydrogens (tertiary/aromatic N) is 1. The molecule has 4 N–H and O–H groups in total. The lowest BCUT2D eigenvalue weighted by atomic mass is 9.81. The van der Waals surface area contributed by atoms with Gasteiger partial charge in [-0.05, 0) is 35.9 Å². The van der Waals surface area contributed by atoms with E-state index in [0.717, 1.165) is 17.7 Å². The number of anilines is 2. The van der Waals surface area contributed by atoms with Crippen LogP contribution in [0.2, 0.25) is 0 Å². The number of phenolic OH excluding ortho intramolecular Hbond substituents is 2. The van der Waals surface area contributed by atoms with Gasteiger partial charge in [0, 0.05) is 18.2 Å². The van der Waals surface area contributed by atoms with Gasteiger partial charge in [0.2, 0.25) is 11.6 Å². The van der Waals surface area contributed by atoms with Crippen molar-refractivity contribution in [3.63, 3.8) is 0 Å². The Morgan fingerprint density at radius 1 is 0.842 bits per heavy atom. The lowest BCUT2D eigenvalue weighted by Crippen LogP contribution is -2.23. The molecule has 12 nitrogen and oxygen atoms in total. The van der Waals surface area contributed by atoms with Crippen LogP contribution >= 0.6 is 0 Å². The van der Waals surface area contributed by atoms with Crippen LogP contribution < -0.4 is 5.32 Å². The first kappa shape index (κ1) is 25.8. The number of aromatic hydroxyl groups is 2. The predicted octanol–water partition coefficient (Wildman–Crippen LogP) is 3.48. The number of carboxylic acids is 1. The SMILES string of the molecule is O=C(O)CCC(=O)OCCc1ccc(Nc2ccc(O)c3c2C(=O)c2c([N+](=O)[O-])ccc(O)c2C3=O)cc1. The van der Waals surface area contributed by atoms with Gasteiger partial charge < -0.3 is 25.4 Å². The Morgan fingerprint density at radius 2 is 1.45 bits per heavy atom. The molecule has 1 aliphatic carbocycles. The molecule has 0 spiro atoms. The fourth-order valence-corrected chi connectivity index (χ4v) is 4.08. The van der Waals surface area contributed by atoms with Gasteiger partial charge >= 0.3 is 11.9 Å². The Hall–Kier alpha value is -5.26. The molecule has 0 amide bonds. The van der Waals surface area contributed by atoms with Crippen LogP contribution in [0.15, 0.2) is 48.5 Å². The molecule has 0 bridgehead atoms. The molecule has 0 atom stereocenters. The fourth-order valence-electron chi connectivity index (χ4n) is 4.08. The molecule has 0 saturated carbocycles. The largest absolute Gasteiger partial charge is 0.507 e. The van der Waals surface area contributed by atoms with Crippen LogP contribution in [-0.2, 0) is 20.7 Å². The summed E-state index contributed by atoms with van der Waals surface area (Å²) in [5.41, 5.74) is -1.02. The monoisotopic (exact) mass is 520 g/mol. The lowest BCUT2D eigenvalue weighted by molar-refractivity contribution is -0.385. The zero-order valence-corrected chi connectivity index (χ0v) is 19.6. The molecule has 0 heterocycles. The lowest BCUT2D eigenvalue weighted by Gasteiger charge is -2.22. The minimum Gasteiger partial charge on any atom is -0.507 e. The summed E-state index contributed by atoms with van der Waals surface area (Å²) in [4.78, 5) is 59.3. The smallest absolute Gasteiger partial charge is 0.306 e. The molecule has 3 aromatic rings. The number of fused-ring (bicyclic) bond motifs is 2. The average molecular weight is 520 g/mol. The van der Waals surface area contributed by atoms with Crippen LogP contribution in [0, 0.1) is 10.1 Å². The van der Waals surface area contributed by atoms with Gasteiger partial charge in [-0.3, -0.25) is 29.3 Å². The normalized spacial score (nSPS) is 11.9. The first-order valence-electron chi connectivity index (χ1n) is 11.3. The molecule has 0 fully saturated rings. The fraction of sp³-hybridized carbons (Fsp3) is 0.154. The van der Waals surface area contributed by atoms with Crippen molar-refractivity contribution in [3.05, 3.63) is 86.5 Å². The van der Waals surface area contributed by atoms with Crippen molar-refractivity contribution in [2.24, 2.45) is 0 Å². The summed E-state index contributed by atoms with van der Waals surface area (Å²) in [5, 5.41) is 43.7. The van der Waals surface area contributed by atoms with E-state index in [-0.39, 0.29) is 36.3 Å². The van der Waals surface area contributed by atoms with E-state index in [1.807, 2.05) is 0 Å². The molecule has 0 aliphatic heterocycles. The molecule has 0 radical (unpaired) electrons. The van der Waals surface area contributed by atoms with E-state index >= 15 is 0 Å². The van der Waals surface area contributed by atoms with E-state index in [4.69, 9.17) is 9.84 Å². The molecule has 194 valence electrons.